The van der Waals surface area contributed by atoms with E-state index in [-0.39, 0.29) is 17.7 Å². The first-order valence-electron chi connectivity index (χ1n) is 13.3. The van der Waals surface area contributed by atoms with Crippen LogP contribution in [0.1, 0.15) is 71.3 Å². The van der Waals surface area contributed by atoms with Gasteiger partial charge >= 0.3 is 5.97 Å². The molecule has 0 spiro atoms. The molecule has 226 valence electrons. The van der Waals surface area contributed by atoms with Crippen molar-refractivity contribution in [3.8, 4) is 16.4 Å². The van der Waals surface area contributed by atoms with Crippen LogP contribution >= 0.6 is 11.3 Å². The molecule has 0 atom stereocenters. The lowest BCUT2D eigenvalue weighted by Gasteiger charge is -2.20. The Morgan fingerprint density at radius 2 is 1.86 bits per heavy atom. The molecule has 4 N–H and O–H groups in total. The topological polar surface area (TPSA) is 157 Å². The number of carboxylic acid groups (broad SMARTS) is 1. The predicted molar refractivity (Wildman–Crippen MR) is 156 cm³/mol. The van der Waals surface area contributed by atoms with E-state index in [1.807, 2.05) is 0 Å². The summed E-state index contributed by atoms with van der Waals surface area (Å²) in [4.78, 5) is 28.1. The first kappa shape index (κ1) is 30.4. The smallest absolute Gasteiger partial charge is 0.355 e. The van der Waals surface area contributed by atoms with E-state index in [0.717, 1.165) is 36.3 Å². The number of carbonyl (C=O) groups is 2. The van der Waals surface area contributed by atoms with E-state index in [4.69, 9.17) is 10.2 Å². The number of primary sulfonamides is 1. The Kier molecular flexibility index (Phi) is 7.96. The number of rotatable bonds is 9. The first-order chi connectivity index (χ1) is 20.1. The second-order valence-electron chi connectivity index (χ2n) is 11.5. The molecule has 0 aliphatic heterocycles. The number of halogens is 2. The highest BCUT2D eigenvalue weighted by atomic mass is 32.2. The van der Waals surface area contributed by atoms with E-state index in [0.29, 0.717) is 45.5 Å². The monoisotopic (exact) mass is 629 g/mol. The summed E-state index contributed by atoms with van der Waals surface area (Å²) in [6.45, 7) is 5.32. The number of hydrogen-bond acceptors (Lipinski definition) is 7. The zero-order valence-electron chi connectivity index (χ0n) is 23.5. The van der Waals surface area contributed by atoms with Crippen molar-refractivity contribution >= 4 is 33.2 Å². The molecular formula is C29H29F2N5O5S2. The van der Waals surface area contributed by atoms with Gasteiger partial charge in [0.2, 0.25) is 15.2 Å². The number of thiazole rings is 1. The average Bonchev–Trinajstić information content (AvgIpc) is 3.45. The number of sulfonamides is 1. The maximum absolute atomic E-state index is 14.9. The largest absolute Gasteiger partial charge is 0.476 e. The molecule has 10 nitrogen and oxygen atoms in total. The second-order valence-corrected chi connectivity index (χ2v) is 13.9. The van der Waals surface area contributed by atoms with Gasteiger partial charge in [0, 0.05) is 28.5 Å². The van der Waals surface area contributed by atoms with E-state index in [1.165, 1.54) is 29.6 Å². The van der Waals surface area contributed by atoms with Crippen LogP contribution < -0.4 is 10.5 Å². The highest BCUT2D eigenvalue weighted by molar-refractivity contribution is 7.89. The van der Waals surface area contributed by atoms with Crippen LogP contribution in [0.5, 0.6) is 0 Å². The van der Waals surface area contributed by atoms with Crippen LogP contribution in [0, 0.1) is 17.6 Å². The van der Waals surface area contributed by atoms with E-state index < -0.39 is 44.0 Å². The lowest BCUT2D eigenvalue weighted by Crippen LogP contribution is -2.40. The van der Waals surface area contributed by atoms with Gasteiger partial charge in [-0.2, -0.15) is 5.10 Å². The molecule has 1 amide bonds. The molecule has 1 aliphatic rings. The third-order valence-corrected chi connectivity index (χ3v) is 8.58. The maximum Gasteiger partial charge on any atom is 0.355 e. The molecule has 0 radical (unpaired) electrons. The van der Waals surface area contributed by atoms with Gasteiger partial charge in [-0.3, -0.25) is 4.79 Å². The number of nitrogens with zero attached hydrogens (tertiary/aromatic N) is 3. The molecule has 1 aliphatic carbocycles. The highest BCUT2D eigenvalue weighted by Crippen LogP contribution is 2.38. The number of nitrogens with two attached hydrogens (primary N) is 1. The van der Waals surface area contributed by atoms with Gasteiger partial charge in [0.05, 0.1) is 17.0 Å². The molecule has 1 saturated carbocycles. The average molecular weight is 630 g/mol. The van der Waals surface area contributed by atoms with E-state index >= 15 is 0 Å². The van der Waals surface area contributed by atoms with Crippen molar-refractivity contribution in [1.29, 1.82) is 0 Å². The summed E-state index contributed by atoms with van der Waals surface area (Å²) in [5.41, 5.74) is 1.54. The van der Waals surface area contributed by atoms with E-state index in [2.05, 4.69) is 10.3 Å². The predicted octanol–water partition coefficient (Wildman–Crippen LogP) is 4.69. The molecule has 2 aromatic carbocycles. The number of aromatic carboxylic acids is 1. The summed E-state index contributed by atoms with van der Waals surface area (Å²) in [6.07, 6.45) is 2.60. The number of hydrogen-bond donors (Lipinski definition) is 3. The van der Waals surface area contributed by atoms with Crippen LogP contribution in [0.4, 0.5) is 8.78 Å². The Morgan fingerprint density at radius 3 is 2.44 bits per heavy atom. The molecule has 43 heavy (non-hydrogen) atoms. The zero-order valence-corrected chi connectivity index (χ0v) is 25.2. The second kappa shape index (κ2) is 11.2. The minimum absolute atomic E-state index is 0.0945. The van der Waals surface area contributed by atoms with Crippen LogP contribution in [0.3, 0.4) is 0 Å². The molecular weight excluding hydrogens is 600 g/mol. The Morgan fingerprint density at radius 1 is 1.14 bits per heavy atom. The van der Waals surface area contributed by atoms with Crippen molar-refractivity contribution in [2.45, 2.75) is 56.9 Å². The minimum atomic E-state index is -4.28. The standard InChI is InChI=1S/C29H29F2N5O5S2/c1-29(2,3)34-26(37)18-13-17(7-8-20(18)30)25-19(10-16-6-9-24(21(31)11-16)43(32,40)41)23(12-15-4-5-15)36(35-25)28-33-22(14-42-28)27(38)39/h6-9,11,13-15H,4-5,10,12H2,1-3H3,(H,34,37)(H,38,39)(H2,32,40,41). The lowest BCUT2D eigenvalue weighted by atomic mass is 9.96. The van der Waals surface area contributed by atoms with Gasteiger partial charge in [0.15, 0.2) is 5.69 Å². The Balaban J connectivity index is 1.69. The number of aromatic nitrogens is 3. The van der Waals surface area contributed by atoms with Crippen molar-refractivity contribution in [3.63, 3.8) is 0 Å². The summed E-state index contributed by atoms with van der Waals surface area (Å²) in [6, 6.07) is 7.67. The molecule has 4 aromatic rings. The minimum Gasteiger partial charge on any atom is -0.476 e. The first-order valence-corrected chi connectivity index (χ1v) is 15.8. The molecule has 2 aromatic heterocycles. The van der Waals surface area contributed by atoms with Crippen LogP contribution in [0.25, 0.3) is 16.4 Å². The number of carbonyl (C=O) groups excluding carboxylic acids is 1. The van der Waals surface area contributed by atoms with Gasteiger partial charge in [-0.15, -0.1) is 11.3 Å². The SMILES string of the molecule is CC(C)(C)NC(=O)c1cc(-c2nn(-c3nc(C(=O)O)cs3)c(CC3CC3)c2Cc2ccc(S(N)(=O)=O)c(F)c2)ccc1F. The lowest BCUT2D eigenvalue weighted by molar-refractivity contribution is 0.0690. The quantitative estimate of drug-likeness (QED) is 0.242. The van der Waals surface area contributed by atoms with Crippen LogP contribution in [-0.2, 0) is 22.9 Å². The van der Waals surface area contributed by atoms with Crippen molar-refractivity contribution in [3.05, 3.63) is 81.5 Å². The summed E-state index contributed by atoms with van der Waals surface area (Å²) in [5, 5.41) is 23.8. The number of amides is 1. The third kappa shape index (κ3) is 6.81. The summed E-state index contributed by atoms with van der Waals surface area (Å²) in [7, 11) is -4.28. The van der Waals surface area contributed by atoms with E-state index in [1.54, 1.807) is 25.5 Å². The number of nitrogens with one attached hydrogen (secondary N) is 1. The van der Waals surface area contributed by atoms with Crippen LogP contribution in [-0.4, -0.2) is 45.7 Å². The molecule has 0 unspecified atom stereocenters. The van der Waals surface area contributed by atoms with Crippen LogP contribution in [0.2, 0.25) is 0 Å². The fraction of sp³-hybridized carbons (Fsp3) is 0.310. The molecule has 14 heteroatoms. The number of carboxylic acids is 1. The molecule has 0 saturated heterocycles. The Hall–Kier alpha value is -4.01. The third-order valence-electron chi connectivity index (χ3n) is 6.82. The number of benzene rings is 2. The molecule has 5 rings (SSSR count). The van der Waals surface area contributed by atoms with Gasteiger partial charge < -0.3 is 10.4 Å². The van der Waals surface area contributed by atoms with E-state index in [9.17, 15) is 31.9 Å². The Labute approximate surface area is 250 Å². The zero-order chi connectivity index (χ0) is 31.3. The van der Waals surface area contributed by atoms with Crippen molar-refractivity contribution in [2.75, 3.05) is 0 Å². The fourth-order valence-corrected chi connectivity index (χ4v) is 6.03. The fourth-order valence-electron chi connectivity index (χ4n) is 4.67. The maximum atomic E-state index is 14.9. The van der Waals surface area contributed by atoms with Gasteiger partial charge in [-0.05, 0) is 81.8 Å². The van der Waals surface area contributed by atoms with Gasteiger partial charge in [0.25, 0.3) is 5.91 Å². The Bertz CT molecular complexity index is 1860. The van der Waals surface area contributed by atoms with Gasteiger partial charge in [-0.1, -0.05) is 6.07 Å². The molecule has 0 bridgehead atoms. The summed E-state index contributed by atoms with van der Waals surface area (Å²) < 4.78 is 54.8. The van der Waals surface area contributed by atoms with Gasteiger partial charge in [0.1, 0.15) is 16.5 Å². The molecule has 1 fully saturated rings. The normalized spacial score (nSPS) is 13.7. The highest BCUT2D eigenvalue weighted by Gasteiger charge is 2.30. The summed E-state index contributed by atoms with van der Waals surface area (Å²) in [5.74, 6) is -3.21. The van der Waals surface area contributed by atoms with Crippen LogP contribution in [0.15, 0.2) is 46.7 Å². The summed E-state index contributed by atoms with van der Waals surface area (Å²) >= 11 is 1.08. The van der Waals surface area contributed by atoms with Crippen molar-refractivity contribution in [2.24, 2.45) is 11.1 Å². The molecule has 2 heterocycles. The van der Waals surface area contributed by atoms with Crippen molar-refractivity contribution in [1.82, 2.24) is 20.1 Å². The van der Waals surface area contributed by atoms with Crippen molar-refractivity contribution < 1.29 is 31.9 Å². The van der Waals surface area contributed by atoms with Gasteiger partial charge in [-0.25, -0.2) is 36.8 Å².